The Morgan fingerprint density at radius 3 is 1.01 bits per heavy atom. The Bertz CT molecular complexity index is 3140. The number of unbranched alkanes of at least 4 members (excludes halogenated alkanes) is 4. The molecule has 6 rings (SSSR count). The Hall–Kier alpha value is -7.64. The second-order valence-corrected chi connectivity index (χ2v) is 35.1. The van der Waals surface area contributed by atoms with Crippen molar-refractivity contribution in [3.8, 4) is 0 Å². The van der Waals surface area contributed by atoms with Crippen LogP contribution in [0.15, 0.2) is 66.7 Å². The van der Waals surface area contributed by atoms with E-state index in [1.165, 1.54) is 43.2 Å². The van der Waals surface area contributed by atoms with Crippen LogP contribution in [0.3, 0.4) is 0 Å². The molecule has 10 amide bonds. The summed E-state index contributed by atoms with van der Waals surface area (Å²) in [4.78, 5) is 117. The third-order valence-corrected chi connectivity index (χ3v) is 20.0. The van der Waals surface area contributed by atoms with E-state index in [0.29, 0.717) is 17.8 Å². The number of amides is 10. The van der Waals surface area contributed by atoms with E-state index in [9.17, 15) is 47.9 Å². The van der Waals surface area contributed by atoms with Crippen LogP contribution in [0, 0.1) is 83.4 Å². The fraction of sp³-hybridized carbons (Fsp3) is 0.685. The third kappa shape index (κ3) is 40.8. The first-order valence-electron chi connectivity index (χ1n) is 41.2. The lowest BCUT2D eigenvalue weighted by molar-refractivity contribution is -0.128. The first kappa shape index (κ1) is 97.4. The van der Waals surface area contributed by atoms with Gasteiger partial charge in [-0.2, -0.15) is 0 Å². The molecule has 0 spiro atoms. The molecule has 2 unspecified atom stereocenters. The zero-order chi connectivity index (χ0) is 82.5. The van der Waals surface area contributed by atoms with Crippen molar-refractivity contribution in [2.75, 3.05) is 34.4 Å². The number of carbonyl (C=O) groups is 10. The highest BCUT2D eigenvalue weighted by atomic mass is 16.2. The predicted octanol–water partition coefficient (Wildman–Crippen LogP) is 17.0. The molecule has 0 bridgehead atoms. The minimum Gasteiger partial charge on any atom is -0.356 e. The molecule has 0 saturated heterocycles. The van der Waals surface area contributed by atoms with Gasteiger partial charge in [0.05, 0.1) is 0 Å². The molecule has 3 aromatic carbocycles. The van der Waals surface area contributed by atoms with Gasteiger partial charge in [0, 0.05) is 119 Å². The maximum Gasteiger partial charge on any atom is 0.226 e. The smallest absolute Gasteiger partial charge is 0.226 e. The predicted molar refractivity (Wildman–Crippen MR) is 447 cm³/mol. The molecule has 20 heteroatoms. The zero-order valence-corrected chi connectivity index (χ0v) is 71.7. The standard InChI is InChI=1S/C21H38N2O2.C21H26N2O2.C17H32N2O2.C15H22N2O2.C15H30N2O2/c2*1-14(2)20(24)22-18-9-5-16(6-10-18)13-17-7-11-19(12-8-17)23-21(25)15(3)4;1-11(2)14(20)18-13-8-16(5,6)10-17(7,9-13)19-15(21)12(3)4;1-9(2)14(18)16-12-7-6-11(5)13(8-12)17-15(19)10(3)4;1-12(2)14(18)16-10-8-6-5-7-9-11-17-15(19)13(3)4/h14-19H,5-13H2,1-4H3,(H,22,24)(H,23,25);5-12,14-15H,13H2,1-4H3,(H,22,24)(H,23,25);11-13H,8-10H2,1-7H3,(H,18,20)(H,19,21);6-10H,1-5H3,(H,16,18)(H,17,19);12-13H,5-11H2,1-4H3,(H,16,18)(H,17,19). The number of nitrogens with one attached hydrogen (secondary N) is 10. The van der Waals surface area contributed by atoms with Gasteiger partial charge >= 0.3 is 0 Å². The Kier molecular flexibility index (Phi) is 44.3. The number of hydrogen-bond acceptors (Lipinski definition) is 10. The summed E-state index contributed by atoms with van der Waals surface area (Å²) < 4.78 is 0. The average molecular weight is 1520 g/mol. The maximum atomic E-state index is 12.1. The second kappa shape index (κ2) is 49.6. The van der Waals surface area contributed by atoms with Gasteiger partial charge in [0.15, 0.2) is 0 Å². The topological polar surface area (TPSA) is 291 Å². The van der Waals surface area contributed by atoms with E-state index in [-0.39, 0.29) is 135 Å². The van der Waals surface area contributed by atoms with Crippen LogP contribution in [0.2, 0.25) is 0 Å². The van der Waals surface area contributed by atoms with E-state index < -0.39 is 0 Å². The molecule has 109 heavy (non-hydrogen) atoms. The van der Waals surface area contributed by atoms with Crippen molar-refractivity contribution in [2.45, 2.75) is 305 Å². The van der Waals surface area contributed by atoms with E-state index in [1.54, 1.807) is 6.07 Å². The van der Waals surface area contributed by atoms with Crippen molar-refractivity contribution < 1.29 is 47.9 Å². The van der Waals surface area contributed by atoms with Gasteiger partial charge in [-0.1, -0.05) is 202 Å². The Morgan fingerprint density at radius 1 is 0.349 bits per heavy atom. The molecule has 3 aliphatic carbocycles. The van der Waals surface area contributed by atoms with Crippen LogP contribution < -0.4 is 53.2 Å². The largest absolute Gasteiger partial charge is 0.356 e. The van der Waals surface area contributed by atoms with E-state index >= 15 is 0 Å². The monoisotopic (exact) mass is 1520 g/mol. The first-order chi connectivity index (χ1) is 50.9. The number of rotatable bonds is 30. The van der Waals surface area contributed by atoms with E-state index in [4.69, 9.17) is 0 Å². The summed E-state index contributed by atoms with van der Waals surface area (Å²) in [5.41, 5.74) is 6.22. The van der Waals surface area contributed by atoms with Gasteiger partial charge in [-0.15, -0.1) is 0 Å². The van der Waals surface area contributed by atoms with Crippen molar-refractivity contribution in [3.63, 3.8) is 0 Å². The molecule has 0 radical (unpaired) electrons. The molecule has 2 atom stereocenters. The molecule has 3 aliphatic rings. The van der Waals surface area contributed by atoms with Crippen LogP contribution in [-0.2, 0) is 54.4 Å². The Morgan fingerprint density at radius 2 is 0.661 bits per heavy atom. The summed E-state index contributed by atoms with van der Waals surface area (Å²) >= 11 is 0. The number of hydrogen-bond donors (Lipinski definition) is 10. The van der Waals surface area contributed by atoms with E-state index in [1.807, 2.05) is 206 Å². The van der Waals surface area contributed by atoms with E-state index in [2.05, 4.69) is 73.9 Å². The van der Waals surface area contributed by atoms with Crippen molar-refractivity contribution in [1.29, 1.82) is 0 Å². The number of benzene rings is 3. The SMILES string of the molecule is CC(C)C(=O)NC1CC(C)(C)CC(C)(NC(=O)C(C)C)C1.CC(C)C(=O)NC1CCC(CC2CCC(NC(=O)C(C)C)CC2)CC1.CC(C)C(=O)NCCCCCCCNC(=O)C(C)C.CC(C)C(=O)Nc1ccc(Cc2ccc(NC(=O)C(C)C)cc2)cc1.Cc1ccc(NC(=O)C(C)C)cc1NC(=O)C(C)C. The zero-order valence-electron chi connectivity index (χ0n) is 71.7. The molecule has 3 aromatic rings. The van der Waals surface area contributed by atoms with Crippen LogP contribution in [0.5, 0.6) is 0 Å². The first-order valence-corrected chi connectivity index (χ1v) is 41.2. The highest BCUT2D eigenvalue weighted by molar-refractivity contribution is 5.96. The molecular weight excluding hydrogens is 1370 g/mol. The lowest BCUT2D eigenvalue weighted by Gasteiger charge is -2.47. The van der Waals surface area contributed by atoms with Crippen LogP contribution in [0.4, 0.5) is 22.7 Å². The fourth-order valence-corrected chi connectivity index (χ4v) is 13.0. The highest BCUT2D eigenvalue weighted by Gasteiger charge is 2.43. The van der Waals surface area contributed by atoms with Crippen LogP contribution in [0.25, 0.3) is 0 Å². The lowest BCUT2D eigenvalue weighted by atomic mass is 9.66. The van der Waals surface area contributed by atoms with Crippen molar-refractivity contribution in [2.24, 2.45) is 76.4 Å². The van der Waals surface area contributed by atoms with Crippen molar-refractivity contribution >= 4 is 81.8 Å². The summed E-state index contributed by atoms with van der Waals surface area (Å²) in [7, 11) is 0. The second-order valence-electron chi connectivity index (χ2n) is 35.1. The van der Waals surface area contributed by atoms with Gasteiger partial charge in [-0.25, -0.2) is 0 Å². The third-order valence-electron chi connectivity index (χ3n) is 20.0. The summed E-state index contributed by atoms with van der Waals surface area (Å²) in [5.74, 6) is 2.57. The molecular formula is C89H148N10O10. The number of anilines is 4. The van der Waals surface area contributed by atoms with Crippen LogP contribution in [0.1, 0.15) is 285 Å². The average Bonchev–Trinajstić information content (AvgIpc) is 0.792. The molecule has 0 aliphatic heterocycles. The van der Waals surface area contributed by atoms with Gasteiger partial charge < -0.3 is 53.2 Å². The summed E-state index contributed by atoms with van der Waals surface area (Å²) in [5, 5.41) is 30.0. The molecule has 10 N–H and O–H groups in total. The van der Waals surface area contributed by atoms with Gasteiger partial charge in [-0.3, -0.25) is 47.9 Å². The lowest BCUT2D eigenvalue weighted by Crippen LogP contribution is -2.58. The quantitative estimate of drug-likeness (QED) is 0.0282. The number of carbonyl (C=O) groups excluding carboxylic acids is 10. The summed E-state index contributed by atoms with van der Waals surface area (Å²) in [6.07, 6.45) is 19.9. The minimum atomic E-state index is -0.252. The van der Waals surface area contributed by atoms with Gasteiger partial charge in [0.1, 0.15) is 0 Å². The Labute approximate surface area is 658 Å². The molecule has 614 valence electrons. The van der Waals surface area contributed by atoms with Crippen molar-refractivity contribution in [1.82, 2.24) is 31.9 Å². The molecule has 20 nitrogen and oxygen atoms in total. The fourth-order valence-electron chi connectivity index (χ4n) is 13.0. The molecule has 0 aromatic heterocycles. The molecule has 3 saturated carbocycles. The molecule has 3 fully saturated rings. The molecule has 0 heterocycles. The highest BCUT2D eigenvalue weighted by Crippen LogP contribution is 2.42. The number of aryl methyl sites for hydroxylation is 1. The van der Waals surface area contributed by atoms with Gasteiger partial charge in [0.25, 0.3) is 0 Å². The van der Waals surface area contributed by atoms with Crippen LogP contribution in [-0.4, -0.2) is 95.8 Å². The maximum absolute atomic E-state index is 12.1. The van der Waals surface area contributed by atoms with Crippen LogP contribution >= 0.6 is 0 Å². The Balaban J connectivity index is 0.000000465. The van der Waals surface area contributed by atoms with Gasteiger partial charge in [-0.05, 0) is 180 Å². The summed E-state index contributed by atoms with van der Waals surface area (Å²) in [6, 6.07) is 22.2. The van der Waals surface area contributed by atoms with Gasteiger partial charge in [0.2, 0.25) is 59.1 Å². The normalized spacial score (nSPS) is 18.7. The van der Waals surface area contributed by atoms with E-state index in [0.717, 1.165) is 131 Å². The van der Waals surface area contributed by atoms with Crippen molar-refractivity contribution in [3.05, 3.63) is 83.4 Å². The summed E-state index contributed by atoms with van der Waals surface area (Å²) in [6.45, 7) is 47.9. The minimum absolute atomic E-state index is 0.00782.